The van der Waals surface area contributed by atoms with Gasteiger partial charge in [-0.25, -0.2) is 0 Å². The Kier molecular flexibility index (Phi) is 2.21. The van der Waals surface area contributed by atoms with Gasteiger partial charge in [0.25, 0.3) is 0 Å². The maximum absolute atomic E-state index is 4.20. The minimum atomic E-state index is 0.997. The molecule has 1 heterocycles. The van der Waals surface area contributed by atoms with Crippen molar-refractivity contribution in [2.75, 3.05) is 0 Å². The lowest BCUT2D eigenvalue weighted by atomic mass is 10.2. The number of hydrogen-bond donors (Lipinski definition) is 0. The Balaban J connectivity index is 2.90. The van der Waals surface area contributed by atoms with Gasteiger partial charge in [0.1, 0.15) is 0 Å². The fourth-order valence-electron chi connectivity index (χ4n) is 0.766. The summed E-state index contributed by atoms with van der Waals surface area (Å²) in [6.45, 7) is 5.74. The Morgan fingerprint density at radius 3 is 2.80 bits per heavy atom. The Morgan fingerprint density at radius 2 is 2.40 bits per heavy atom. The van der Waals surface area contributed by atoms with E-state index in [1.807, 2.05) is 18.3 Å². The van der Waals surface area contributed by atoms with E-state index in [0.29, 0.717) is 0 Å². The van der Waals surface area contributed by atoms with E-state index in [-0.39, 0.29) is 0 Å². The molecule has 0 radical (unpaired) electrons. The molecule has 1 aromatic rings. The minimum Gasteiger partial charge on any atom is -0.261 e. The molecule has 0 amide bonds. The Bertz CT molecular complexity index is 211. The SMILES string of the molecule is C=Cc1ccc(CC)nc1. The van der Waals surface area contributed by atoms with Crippen LogP contribution in [0, 0.1) is 0 Å². The highest BCUT2D eigenvalue weighted by atomic mass is 14.7. The van der Waals surface area contributed by atoms with Gasteiger partial charge in [-0.3, -0.25) is 4.98 Å². The maximum atomic E-state index is 4.20. The zero-order valence-corrected chi connectivity index (χ0v) is 6.17. The van der Waals surface area contributed by atoms with Crippen LogP contribution in [0.1, 0.15) is 18.2 Å². The van der Waals surface area contributed by atoms with E-state index < -0.39 is 0 Å². The number of hydrogen-bond acceptors (Lipinski definition) is 1. The maximum Gasteiger partial charge on any atom is 0.0401 e. The lowest BCUT2D eigenvalue weighted by Gasteiger charge is -1.94. The molecule has 0 N–H and O–H groups in total. The lowest BCUT2D eigenvalue weighted by molar-refractivity contribution is 1.03. The molecule has 1 rings (SSSR count). The summed E-state index contributed by atoms with van der Waals surface area (Å²) >= 11 is 0. The van der Waals surface area contributed by atoms with Crippen molar-refractivity contribution in [1.29, 1.82) is 0 Å². The average molecular weight is 133 g/mol. The van der Waals surface area contributed by atoms with Crippen molar-refractivity contribution < 1.29 is 0 Å². The average Bonchev–Trinajstić information content (AvgIpc) is 2.05. The summed E-state index contributed by atoms with van der Waals surface area (Å²) in [5.41, 5.74) is 2.21. The van der Waals surface area contributed by atoms with Crippen LogP contribution in [0.15, 0.2) is 24.9 Å². The summed E-state index contributed by atoms with van der Waals surface area (Å²) in [5.74, 6) is 0. The molecule has 10 heavy (non-hydrogen) atoms. The summed E-state index contributed by atoms with van der Waals surface area (Å²) in [4.78, 5) is 4.20. The van der Waals surface area contributed by atoms with E-state index in [1.165, 1.54) is 0 Å². The molecule has 1 nitrogen and oxygen atoms in total. The zero-order chi connectivity index (χ0) is 7.40. The molecular formula is C9H11N. The molecule has 0 aliphatic heterocycles. The molecule has 0 aliphatic rings. The zero-order valence-electron chi connectivity index (χ0n) is 6.17. The number of aromatic nitrogens is 1. The number of nitrogens with zero attached hydrogens (tertiary/aromatic N) is 1. The van der Waals surface area contributed by atoms with Crippen molar-refractivity contribution in [2.24, 2.45) is 0 Å². The van der Waals surface area contributed by atoms with E-state index >= 15 is 0 Å². The number of pyridine rings is 1. The Labute approximate surface area is 61.4 Å². The molecule has 0 saturated heterocycles. The summed E-state index contributed by atoms with van der Waals surface area (Å²) < 4.78 is 0. The van der Waals surface area contributed by atoms with Crippen LogP contribution in [-0.2, 0) is 6.42 Å². The number of rotatable bonds is 2. The van der Waals surface area contributed by atoms with Crippen LogP contribution in [-0.4, -0.2) is 4.98 Å². The number of aryl methyl sites for hydroxylation is 1. The Morgan fingerprint density at radius 1 is 1.60 bits per heavy atom. The third-order valence-electron chi connectivity index (χ3n) is 1.45. The fraction of sp³-hybridized carbons (Fsp3) is 0.222. The first-order chi connectivity index (χ1) is 4.86. The molecule has 0 bridgehead atoms. The second-order valence-corrected chi connectivity index (χ2v) is 2.14. The van der Waals surface area contributed by atoms with Crippen molar-refractivity contribution in [3.8, 4) is 0 Å². The summed E-state index contributed by atoms with van der Waals surface area (Å²) in [6, 6.07) is 4.05. The Hall–Kier alpha value is -1.11. The van der Waals surface area contributed by atoms with Crippen molar-refractivity contribution in [3.63, 3.8) is 0 Å². The quantitative estimate of drug-likeness (QED) is 0.603. The third kappa shape index (κ3) is 1.44. The van der Waals surface area contributed by atoms with Crippen LogP contribution < -0.4 is 0 Å². The molecule has 1 heteroatoms. The van der Waals surface area contributed by atoms with Gasteiger partial charge < -0.3 is 0 Å². The lowest BCUT2D eigenvalue weighted by Crippen LogP contribution is -1.84. The fourth-order valence-corrected chi connectivity index (χ4v) is 0.766. The van der Waals surface area contributed by atoms with Gasteiger partial charge in [0.05, 0.1) is 0 Å². The molecule has 0 fully saturated rings. The largest absolute Gasteiger partial charge is 0.261 e. The third-order valence-corrected chi connectivity index (χ3v) is 1.45. The predicted molar refractivity (Wildman–Crippen MR) is 43.7 cm³/mol. The van der Waals surface area contributed by atoms with Crippen LogP contribution >= 0.6 is 0 Å². The van der Waals surface area contributed by atoms with Gasteiger partial charge in [0, 0.05) is 11.9 Å². The van der Waals surface area contributed by atoms with Gasteiger partial charge in [0.15, 0.2) is 0 Å². The van der Waals surface area contributed by atoms with Gasteiger partial charge in [0.2, 0.25) is 0 Å². The normalized spacial score (nSPS) is 9.30. The van der Waals surface area contributed by atoms with E-state index in [0.717, 1.165) is 17.7 Å². The molecular weight excluding hydrogens is 122 g/mol. The van der Waals surface area contributed by atoms with Crippen molar-refractivity contribution in [3.05, 3.63) is 36.2 Å². The molecule has 0 spiro atoms. The minimum absolute atomic E-state index is 0.997. The topological polar surface area (TPSA) is 12.9 Å². The standard InChI is InChI=1S/C9H11N/c1-3-8-5-6-9(4-2)10-7-8/h3,5-7H,1,4H2,2H3. The van der Waals surface area contributed by atoms with E-state index in [2.05, 4.69) is 18.5 Å². The van der Waals surface area contributed by atoms with Gasteiger partial charge in [-0.1, -0.05) is 25.6 Å². The van der Waals surface area contributed by atoms with Crippen LogP contribution in [0.4, 0.5) is 0 Å². The van der Waals surface area contributed by atoms with Crippen LogP contribution in [0.3, 0.4) is 0 Å². The first-order valence-corrected chi connectivity index (χ1v) is 3.44. The molecule has 1 aromatic heterocycles. The second-order valence-electron chi connectivity index (χ2n) is 2.14. The highest BCUT2D eigenvalue weighted by Gasteiger charge is 1.87. The van der Waals surface area contributed by atoms with E-state index in [1.54, 1.807) is 6.08 Å². The van der Waals surface area contributed by atoms with E-state index in [9.17, 15) is 0 Å². The van der Waals surface area contributed by atoms with Gasteiger partial charge in [-0.15, -0.1) is 0 Å². The van der Waals surface area contributed by atoms with Gasteiger partial charge in [-0.05, 0) is 18.1 Å². The second kappa shape index (κ2) is 3.16. The van der Waals surface area contributed by atoms with Crippen LogP contribution in [0.2, 0.25) is 0 Å². The molecule has 52 valence electrons. The molecule has 0 unspecified atom stereocenters. The van der Waals surface area contributed by atoms with Crippen LogP contribution in [0.25, 0.3) is 6.08 Å². The highest BCUT2D eigenvalue weighted by molar-refractivity contribution is 5.44. The summed E-state index contributed by atoms with van der Waals surface area (Å²) in [6.07, 6.45) is 4.63. The molecule has 0 aliphatic carbocycles. The highest BCUT2D eigenvalue weighted by Crippen LogP contribution is 2.00. The van der Waals surface area contributed by atoms with Crippen molar-refractivity contribution in [2.45, 2.75) is 13.3 Å². The first-order valence-electron chi connectivity index (χ1n) is 3.44. The van der Waals surface area contributed by atoms with E-state index in [4.69, 9.17) is 0 Å². The van der Waals surface area contributed by atoms with Crippen molar-refractivity contribution in [1.82, 2.24) is 4.98 Å². The molecule has 0 aromatic carbocycles. The summed E-state index contributed by atoms with van der Waals surface area (Å²) in [5, 5.41) is 0. The van der Waals surface area contributed by atoms with Gasteiger partial charge in [-0.2, -0.15) is 0 Å². The molecule has 0 saturated carbocycles. The monoisotopic (exact) mass is 133 g/mol. The molecule has 0 atom stereocenters. The predicted octanol–water partition coefficient (Wildman–Crippen LogP) is 2.29. The first kappa shape index (κ1) is 7.00. The van der Waals surface area contributed by atoms with Crippen molar-refractivity contribution >= 4 is 6.08 Å². The van der Waals surface area contributed by atoms with Gasteiger partial charge >= 0.3 is 0 Å². The van der Waals surface area contributed by atoms with Crippen LogP contribution in [0.5, 0.6) is 0 Å². The summed E-state index contributed by atoms with van der Waals surface area (Å²) in [7, 11) is 0. The smallest absolute Gasteiger partial charge is 0.0401 e.